The maximum absolute atomic E-state index is 8.79. The monoisotopic (exact) mass is 223 g/mol. The number of hydrogen-bond donors (Lipinski definition) is 2. The van der Waals surface area contributed by atoms with Gasteiger partial charge in [-0.2, -0.15) is 5.10 Å². The first-order chi connectivity index (χ1) is 7.28. The van der Waals surface area contributed by atoms with Crippen LogP contribution in [-0.4, -0.2) is 20.3 Å². The van der Waals surface area contributed by atoms with E-state index in [4.69, 9.17) is 16.7 Å². The predicted octanol–water partition coefficient (Wildman–Crippen LogP) is 1.54. The predicted molar refractivity (Wildman–Crippen MR) is 56.6 cm³/mol. The van der Waals surface area contributed by atoms with Gasteiger partial charge in [-0.15, -0.1) is 0 Å². The number of aromatic amines is 1. The molecule has 0 bridgehead atoms. The van der Waals surface area contributed by atoms with Crippen LogP contribution in [0.5, 0.6) is 0 Å². The summed E-state index contributed by atoms with van der Waals surface area (Å²) in [5.41, 5.74) is 1.10. The van der Waals surface area contributed by atoms with E-state index in [9.17, 15) is 0 Å². The summed E-state index contributed by atoms with van der Waals surface area (Å²) in [5, 5.41) is 16.1. The van der Waals surface area contributed by atoms with Gasteiger partial charge in [0.05, 0.1) is 0 Å². The van der Waals surface area contributed by atoms with Crippen molar-refractivity contribution in [3.05, 3.63) is 46.5 Å². The van der Waals surface area contributed by atoms with E-state index in [1.807, 2.05) is 24.3 Å². The van der Waals surface area contributed by atoms with Gasteiger partial charge in [0.1, 0.15) is 12.4 Å². The summed E-state index contributed by atoms with van der Waals surface area (Å²) in [6, 6.07) is 7.54. The van der Waals surface area contributed by atoms with Crippen LogP contribution in [-0.2, 0) is 13.0 Å². The zero-order valence-corrected chi connectivity index (χ0v) is 8.70. The van der Waals surface area contributed by atoms with E-state index in [1.165, 1.54) is 0 Å². The van der Waals surface area contributed by atoms with Gasteiger partial charge in [0, 0.05) is 11.4 Å². The topological polar surface area (TPSA) is 61.8 Å². The van der Waals surface area contributed by atoms with Crippen molar-refractivity contribution < 1.29 is 5.11 Å². The molecule has 0 saturated carbocycles. The van der Waals surface area contributed by atoms with Crippen molar-refractivity contribution in [2.75, 3.05) is 0 Å². The van der Waals surface area contributed by atoms with Gasteiger partial charge in [-0.05, 0) is 17.7 Å². The average Bonchev–Trinajstić information content (AvgIpc) is 2.69. The fourth-order valence-electron chi connectivity index (χ4n) is 1.28. The van der Waals surface area contributed by atoms with Gasteiger partial charge in [0.15, 0.2) is 5.82 Å². The minimum Gasteiger partial charge on any atom is -0.388 e. The van der Waals surface area contributed by atoms with Gasteiger partial charge < -0.3 is 5.11 Å². The Hall–Kier alpha value is -1.39. The van der Waals surface area contributed by atoms with E-state index >= 15 is 0 Å². The summed E-state index contributed by atoms with van der Waals surface area (Å²) in [7, 11) is 0. The van der Waals surface area contributed by atoms with E-state index in [0.29, 0.717) is 17.3 Å². The van der Waals surface area contributed by atoms with Crippen LogP contribution in [0.2, 0.25) is 5.02 Å². The molecule has 5 heteroatoms. The molecule has 0 spiro atoms. The molecule has 0 saturated heterocycles. The Morgan fingerprint density at radius 2 is 2.00 bits per heavy atom. The molecule has 0 aliphatic carbocycles. The van der Waals surface area contributed by atoms with Crippen molar-refractivity contribution in [3.63, 3.8) is 0 Å². The molecule has 2 aromatic rings. The molecule has 1 aromatic carbocycles. The summed E-state index contributed by atoms with van der Waals surface area (Å²) < 4.78 is 0. The van der Waals surface area contributed by atoms with Crippen LogP contribution in [0.25, 0.3) is 0 Å². The largest absolute Gasteiger partial charge is 0.388 e. The summed E-state index contributed by atoms with van der Waals surface area (Å²) >= 11 is 5.77. The van der Waals surface area contributed by atoms with Crippen LogP contribution in [0, 0.1) is 0 Å². The third-order valence-corrected chi connectivity index (χ3v) is 2.26. The van der Waals surface area contributed by atoms with Crippen molar-refractivity contribution in [3.8, 4) is 0 Å². The number of nitrogens with zero attached hydrogens (tertiary/aromatic N) is 2. The van der Waals surface area contributed by atoms with Crippen molar-refractivity contribution >= 4 is 11.6 Å². The summed E-state index contributed by atoms with van der Waals surface area (Å²) in [6.45, 7) is -0.142. The van der Waals surface area contributed by atoms with E-state index in [2.05, 4.69) is 15.2 Å². The van der Waals surface area contributed by atoms with Gasteiger partial charge in [-0.1, -0.05) is 23.7 Å². The molecular formula is C10H10ClN3O. The molecule has 78 valence electrons. The van der Waals surface area contributed by atoms with Crippen LogP contribution in [0.1, 0.15) is 17.2 Å². The second-order valence-corrected chi connectivity index (χ2v) is 3.60. The number of rotatable bonds is 3. The summed E-state index contributed by atoms with van der Waals surface area (Å²) in [6.07, 6.45) is 0.657. The molecule has 0 amide bonds. The summed E-state index contributed by atoms with van der Waals surface area (Å²) in [4.78, 5) is 4.10. The number of nitrogens with one attached hydrogen (secondary N) is 1. The van der Waals surface area contributed by atoms with E-state index in [0.717, 1.165) is 11.4 Å². The third-order valence-electron chi connectivity index (χ3n) is 2.00. The normalized spacial score (nSPS) is 10.5. The second kappa shape index (κ2) is 4.42. The number of aliphatic hydroxyl groups excluding tert-OH is 1. The van der Waals surface area contributed by atoms with Crippen molar-refractivity contribution in [1.29, 1.82) is 0 Å². The first-order valence-electron chi connectivity index (χ1n) is 4.53. The van der Waals surface area contributed by atoms with E-state index in [-0.39, 0.29) is 6.61 Å². The molecule has 0 atom stereocenters. The molecule has 0 fully saturated rings. The molecular weight excluding hydrogens is 214 g/mol. The maximum Gasteiger partial charge on any atom is 0.176 e. The highest BCUT2D eigenvalue weighted by atomic mass is 35.5. The Morgan fingerprint density at radius 1 is 1.27 bits per heavy atom. The number of aliphatic hydroxyl groups is 1. The van der Waals surface area contributed by atoms with Crippen LogP contribution in [0.4, 0.5) is 0 Å². The number of aromatic nitrogens is 3. The van der Waals surface area contributed by atoms with Crippen LogP contribution in [0.3, 0.4) is 0 Å². The number of halogens is 1. The molecule has 0 aliphatic rings. The first-order valence-corrected chi connectivity index (χ1v) is 4.91. The molecule has 0 unspecified atom stereocenters. The summed E-state index contributed by atoms with van der Waals surface area (Å²) in [5.74, 6) is 1.15. The van der Waals surface area contributed by atoms with Gasteiger partial charge in [0.25, 0.3) is 0 Å². The molecule has 0 radical (unpaired) electrons. The maximum atomic E-state index is 8.79. The molecule has 1 aromatic heterocycles. The smallest absolute Gasteiger partial charge is 0.176 e. The molecule has 1 heterocycles. The minimum atomic E-state index is -0.142. The molecule has 2 rings (SSSR count). The van der Waals surface area contributed by atoms with Gasteiger partial charge in [0.2, 0.25) is 0 Å². The highest BCUT2D eigenvalue weighted by Crippen LogP contribution is 2.11. The lowest BCUT2D eigenvalue weighted by Crippen LogP contribution is -1.91. The Morgan fingerprint density at radius 3 is 2.60 bits per heavy atom. The molecule has 2 N–H and O–H groups in total. The quantitative estimate of drug-likeness (QED) is 0.830. The average molecular weight is 224 g/mol. The fourth-order valence-corrected chi connectivity index (χ4v) is 1.41. The lowest BCUT2D eigenvalue weighted by atomic mass is 10.1. The molecule has 4 nitrogen and oxygen atoms in total. The van der Waals surface area contributed by atoms with E-state index in [1.54, 1.807) is 0 Å². The number of H-pyrrole nitrogens is 1. The standard InChI is InChI=1S/C10H10ClN3O/c11-8-3-1-7(2-4-8)5-9-12-10(6-15)14-13-9/h1-4,15H,5-6H2,(H,12,13,14). The Kier molecular flexibility index (Phi) is 2.99. The Bertz CT molecular complexity index is 438. The Balaban J connectivity index is 2.11. The lowest BCUT2D eigenvalue weighted by molar-refractivity contribution is 0.272. The SMILES string of the molecule is OCc1n[nH]c(Cc2ccc(Cl)cc2)n1. The lowest BCUT2D eigenvalue weighted by Gasteiger charge is -1.97. The third kappa shape index (κ3) is 2.55. The zero-order chi connectivity index (χ0) is 10.7. The van der Waals surface area contributed by atoms with Crippen LogP contribution >= 0.6 is 11.6 Å². The number of benzene rings is 1. The van der Waals surface area contributed by atoms with Gasteiger partial charge in [-0.25, -0.2) is 4.98 Å². The highest BCUT2D eigenvalue weighted by molar-refractivity contribution is 6.30. The minimum absolute atomic E-state index is 0.142. The molecule has 0 aliphatic heterocycles. The van der Waals surface area contributed by atoms with Crippen molar-refractivity contribution in [2.24, 2.45) is 0 Å². The first kappa shape index (κ1) is 10.1. The van der Waals surface area contributed by atoms with Crippen LogP contribution in [0.15, 0.2) is 24.3 Å². The van der Waals surface area contributed by atoms with Crippen LogP contribution < -0.4 is 0 Å². The van der Waals surface area contributed by atoms with Gasteiger partial charge >= 0.3 is 0 Å². The Labute approximate surface area is 91.9 Å². The van der Waals surface area contributed by atoms with Crippen molar-refractivity contribution in [1.82, 2.24) is 15.2 Å². The van der Waals surface area contributed by atoms with Crippen molar-refractivity contribution in [2.45, 2.75) is 13.0 Å². The highest BCUT2D eigenvalue weighted by Gasteiger charge is 2.02. The molecule has 15 heavy (non-hydrogen) atoms. The number of hydrogen-bond acceptors (Lipinski definition) is 3. The zero-order valence-electron chi connectivity index (χ0n) is 7.94. The van der Waals surface area contributed by atoms with E-state index < -0.39 is 0 Å². The van der Waals surface area contributed by atoms with Gasteiger partial charge in [-0.3, -0.25) is 5.10 Å². The second-order valence-electron chi connectivity index (χ2n) is 3.16. The fraction of sp³-hybridized carbons (Fsp3) is 0.200.